The number of rotatable bonds is 7. The molecule has 0 spiro atoms. The van der Waals surface area contributed by atoms with E-state index in [1.807, 2.05) is 0 Å². The maximum absolute atomic E-state index is 3.66. The second-order valence-corrected chi connectivity index (χ2v) is 5.75. The van der Waals surface area contributed by atoms with Crippen molar-refractivity contribution in [1.82, 2.24) is 5.32 Å². The van der Waals surface area contributed by atoms with E-state index in [1.54, 1.807) is 0 Å². The molecule has 0 saturated carbocycles. The zero-order valence-electron chi connectivity index (χ0n) is 11.2. The monoisotopic (exact) mass is 297 g/mol. The lowest BCUT2D eigenvalue weighted by Crippen LogP contribution is -2.28. The fourth-order valence-corrected chi connectivity index (χ4v) is 2.32. The molecule has 0 fully saturated rings. The van der Waals surface area contributed by atoms with Gasteiger partial charge in [0.15, 0.2) is 0 Å². The summed E-state index contributed by atoms with van der Waals surface area (Å²) < 4.78 is 1.14. The van der Waals surface area contributed by atoms with Gasteiger partial charge in [-0.2, -0.15) is 0 Å². The lowest BCUT2D eigenvalue weighted by atomic mass is 10.1. The first-order valence-corrected chi connectivity index (χ1v) is 7.44. The summed E-state index contributed by atoms with van der Waals surface area (Å²) in [6.07, 6.45) is 5.25. The van der Waals surface area contributed by atoms with Gasteiger partial charge < -0.3 is 5.32 Å². The maximum atomic E-state index is 3.66. The van der Waals surface area contributed by atoms with Crippen LogP contribution in [0.15, 0.2) is 28.7 Å². The van der Waals surface area contributed by atoms with Gasteiger partial charge in [0.2, 0.25) is 0 Å². The number of unbranched alkanes of at least 4 members (excludes halogenated alkanes) is 2. The second-order valence-electron chi connectivity index (χ2n) is 4.84. The van der Waals surface area contributed by atoms with E-state index in [0.29, 0.717) is 12.1 Å². The van der Waals surface area contributed by atoms with Crippen LogP contribution in [0.3, 0.4) is 0 Å². The van der Waals surface area contributed by atoms with Crippen LogP contribution in [-0.2, 0) is 0 Å². The molecule has 0 aliphatic carbocycles. The van der Waals surface area contributed by atoms with Gasteiger partial charge in [-0.1, -0.05) is 54.2 Å². The molecule has 0 aliphatic rings. The van der Waals surface area contributed by atoms with Crippen molar-refractivity contribution < 1.29 is 0 Å². The molecule has 1 rings (SSSR count). The van der Waals surface area contributed by atoms with E-state index in [1.165, 1.54) is 31.2 Å². The summed E-state index contributed by atoms with van der Waals surface area (Å²) in [4.78, 5) is 0. The van der Waals surface area contributed by atoms with Crippen molar-refractivity contribution in [2.24, 2.45) is 0 Å². The third-order valence-corrected chi connectivity index (χ3v) is 3.67. The van der Waals surface area contributed by atoms with Gasteiger partial charge in [0.1, 0.15) is 0 Å². The molecule has 0 aromatic heterocycles. The van der Waals surface area contributed by atoms with Crippen molar-refractivity contribution >= 4 is 15.9 Å². The molecular weight excluding hydrogens is 274 g/mol. The minimum atomic E-state index is 0.430. The molecule has 0 amide bonds. The van der Waals surface area contributed by atoms with E-state index in [4.69, 9.17) is 0 Å². The van der Waals surface area contributed by atoms with Gasteiger partial charge in [0.25, 0.3) is 0 Å². The van der Waals surface area contributed by atoms with Crippen LogP contribution in [0.4, 0.5) is 0 Å². The molecule has 1 unspecified atom stereocenters. The molecule has 17 heavy (non-hydrogen) atoms. The highest BCUT2D eigenvalue weighted by molar-refractivity contribution is 9.10. The predicted octanol–water partition coefficient (Wildman–Crippen LogP) is 5.07. The van der Waals surface area contributed by atoms with Crippen LogP contribution in [0, 0.1) is 0 Å². The van der Waals surface area contributed by atoms with Crippen molar-refractivity contribution in [1.29, 1.82) is 0 Å². The van der Waals surface area contributed by atoms with Crippen LogP contribution in [0.2, 0.25) is 0 Å². The summed E-state index contributed by atoms with van der Waals surface area (Å²) in [7, 11) is 0. The Labute approximate surface area is 114 Å². The molecule has 96 valence electrons. The summed E-state index contributed by atoms with van der Waals surface area (Å²) in [5, 5.41) is 3.66. The Hall–Kier alpha value is -0.340. The van der Waals surface area contributed by atoms with Crippen LogP contribution in [-0.4, -0.2) is 6.04 Å². The van der Waals surface area contributed by atoms with E-state index in [2.05, 4.69) is 66.3 Å². The minimum Gasteiger partial charge on any atom is -0.308 e. The number of halogens is 1. The summed E-state index contributed by atoms with van der Waals surface area (Å²) in [5.41, 5.74) is 1.36. The molecule has 0 heterocycles. The van der Waals surface area contributed by atoms with E-state index >= 15 is 0 Å². The Morgan fingerprint density at radius 1 is 1.12 bits per heavy atom. The van der Waals surface area contributed by atoms with Crippen molar-refractivity contribution in [2.45, 2.75) is 58.5 Å². The van der Waals surface area contributed by atoms with Gasteiger partial charge >= 0.3 is 0 Å². The summed E-state index contributed by atoms with van der Waals surface area (Å²) in [6.45, 7) is 6.77. The predicted molar refractivity (Wildman–Crippen MR) is 79.3 cm³/mol. The molecule has 2 heteroatoms. The van der Waals surface area contributed by atoms with Gasteiger partial charge in [-0.25, -0.2) is 0 Å². The molecule has 1 N–H and O–H groups in total. The highest BCUT2D eigenvalue weighted by Crippen LogP contribution is 2.17. The molecule has 1 aromatic rings. The molecule has 0 aliphatic heterocycles. The number of hydrogen-bond acceptors (Lipinski definition) is 1. The van der Waals surface area contributed by atoms with Gasteiger partial charge in [-0.05, 0) is 38.0 Å². The minimum absolute atomic E-state index is 0.430. The van der Waals surface area contributed by atoms with Gasteiger partial charge in [0.05, 0.1) is 0 Å². The lowest BCUT2D eigenvalue weighted by molar-refractivity contribution is 0.440. The maximum Gasteiger partial charge on any atom is 0.0294 e. The first-order valence-electron chi connectivity index (χ1n) is 6.65. The van der Waals surface area contributed by atoms with Gasteiger partial charge in [-0.3, -0.25) is 0 Å². The van der Waals surface area contributed by atoms with Crippen molar-refractivity contribution in [3.05, 3.63) is 34.3 Å². The Bertz CT molecular complexity index is 307. The number of nitrogens with one attached hydrogen (secondary N) is 1. The molecule has 0 bridgehead atoms. The molecular formula is C15H24BrN. The molecule has 0 radical (unpaired) electrons. The van der Waals surface area contributed by atoms with Crippen LogP contribution < -0.4 is 5.32 Å². The Kier molecular flexibility index (Phi) is 6.83. The zero-order chi connectivity index (χ0) is 12.7. The first-order chi connectivity index (χ1) is 8.13. The Morgan fingerprint density at radius 2 is 1.76 bits per heavy atom. The largest absolute Gasteiger partial charge is 0.308 e. The highest BCUT2D eigenvalue weighted by Gasteiger charge is 2.08. The third kappa shape index (κ3) is 5.69. The molecule has 0 saturated heterocycles. The topological polar surface area (TPSA) is 12.0 Å². The van der Waals surface area contributed by atoms with Crippen LogP contribution in [0.5, 0.6) is 0 Å². The average molecular weight is 298 g/mol. The van der Waals surface area contributed by atoms with Crippen molar-refractivity contribution in [2.75, 3.05) is 0 Å². The lowest BCUT2D eigenvalue weighted by Gasteiger charge is -2.20. The molecule has 1 nitrogen and oxygen atoms in total. The molecule has 2 atom stereocenters. The standard InChI is InChI=1S/C15H24BrN/c1-4-5-6-7-12(2)17-13(3)14-8-10-15(16)11-9-14/h8-13,17H,4-7H2,1-3H3/t12?,13-/m0/s1. The van der Waals surface area contributed by atoms with Gasteiger partial charge in [0, 0.05) is 16.6 Å². The second kappa shape index (κ2) is 7.88. The normalized spacial score (nSPS) is 14.6. The van der Waals surface area contributed by atoms with E-state index in [-0.39, 0.29) is 0 Å². The smallest absolute Gasteiger partial charge is 0.0294 e. The number of hydrogen-bond donors (Lipinski definition) is 1. The van der Waals surface area contributed by atoms with Crippen LogP contribution in [0.1, 0.15) is 58.1 Å². The van der Waals surface area contributed by atoms with E-state index in [9.17, 15) is 0 Å². The van der Waals surface area contributed by atoms with Crippen LogP contribution in [0.25, 0.3) is 0 Å². The van der Waals surface area contributed by atoms with Crippen LogP contribution >= 0.6 is 15.9 Å². The van der Waals surface area contributed by atoms with Crippen molar-refractivity contribution in [3.63, 3.8) is 0 Å². The van der Waals surface area contributed by atoms with Crippen molar-refractivity contribution in [3.8, 4) is 0 Å². The zero-order valence-corrected chi connectivity index (χ0v) is 12.8. The SMILES string of the molecule is CCCCCC(C)N[C@@H](C)c1ccc(Br)cc1. The number of benzene rings is 1. The summed E-state index contributed by atoms with van der Waals surface area (Å²) in [5.74, 6) is 0. The quantitative estimate of drug-likeness (QED) is 0.693. The third-order valence-electron chi connectivity index (χ3n) is 3.15. The summed E-state index contributed by atoms with van der Waals surface area (Å²) >= 11 is 3.47. The molecule has 1 aromatic carbocycles. The first kappa shape index (κ1) is 14.7. The van der Waals surface area contributed by atoms with E-state index in [0.717, 1.165) is 4.47 Å². The highest BCUT2D eigenvalue weighted by atomic mass is 79.9. The average Bonchev–Trinajstić information content (AvgIpc) is 2.30. The van der Waals surface area contributed by atoms with Gasteiger partial charge in [-0.15, -0.1) is 0 Å². The fourth-order valence-electron chi connectivity index (χ4n) is 2.06. The fraction of sp³-hybridized carbons (Fsp3) is 0.600. The summed E-state index contributed by atoms with van der Waals surface area (Å²) in [6, 6.07) is 9.60. The Balaban J connectivity index is 2.37. The Morgan fingerprint density at radius 3 is 2.35 bits per heavy atom. The van der Waals surface area contributed by atoms with E-state index < -0.39 is 0 Å².